The van der Waals surface area contributed by atoms with E-state index in [2.05, 4.69) is 476 Å². The highest BCUT2D eigenvalue weighted by atomic mass is 15.2. The number of anilines is 6. The average molecular weight is 1590 g/mol. The lowest BCUT2D eigenvalue weighted by atomic mass is 9.33. The van der Waals surface area contributed by atoms with Crippen molar-refractivity contribution in [2.75, 3.05) is 27.8 Å². The fourth-order valence-electron chi connectivity index (χ4n) is 20.5. The van der Waals surface area contributed by atoms with E-state index in [-0.39, 0.29) is 6.71 Å². The summed E-state index contributed by atoms with van der Waals surface area (Å²) in [5.41, 5.74) is 38.7. The van der Waals surface area contributed by atoms with Gasteiger partial charge in [0.25, 0.3) is 6.71 Å². The third-order valence-electron chi connectivity index (χ3n) is 26.4. The normalized spacial score (nSPS) is 12.1. The molecule has 2 aliphatic rings. The van der Waals surface area contributed by atoms with Crippen molar-refractivity contribution in [1.82, 2.24) is 0 Å². The van der Waals surface area contributed by atoms with Crippen molar-refractivity contribution in [2.24, 2.45) is 0 Å². The number of benzene rings is 21. The third kappa shape index (κ3) is 13.7. The van der Waals surface area contributed by atoms with E-state index in [0.717, 1.165) is 17.8 Å². The zero-order chi connectivity index (χ0) is 82.7. The van der Waals surface area contributed by atoms with Crippen LogP contribution in [0.5, 0.6) is 0 Å². The second-order valence-corrected chi connectivity index (χ2v) is 33.5. The number of fused-ring (bicyclic) bond motifs is 6. The molecule has 21 aromatic rings. The van der Waals surface area contributed by atoms with Crippen LogP contribution in [-0.4, -0.2) is 19.8 Å². The van der Waals surface area contributed by atoms with E-state index in [4.69, 9.17) is 0 Å². The van der Waals surface area contributed by atoms with Gasteiger partial charge in [-0.25, -0.2) is 0 Å². The van der Waals surface area contributed by atoms with E-state index in [1.807, 2.05) is 0 Å². The Hall–Kier alpha value is -15.6. The summed E-state index contributed by atoms with van der Waals surface area (Å²) in [5.74, 6) is 0. The van der Waals surface area contributed by atoms with Gasteiger partial charge in [0.2, 0.25) is 0 Å². The quantitative estimate of drug-likeness (QED) is 0.0428. The molecule has 21 aromatic carbocycles. The Morgan fingerprint density at radius 1 is 0.208 bits per heavy atom. The van der Waals surface area contributed by atoms with Gasteiger partial charge in [-0.1, -0.05) is 388 Å². The lowest BCUT2D eigenvalue weighted by Gasteiger charge is -2.45. The molecule has 0 radical (unpaired) electrons. The number of hydrogen-bond acceptors (Lipinski definition) is 3. The molecule has 0 fully saturated rings. The number of hydrogen-bond donors (Lipinski definition) is 0. The molecule has 2 aliphatic heterocycles. The van der Waals surface area contributed by atoms with E-state index in [9.17, 15) is 0 Å². The highest BCUT2D eigenvalue weighted by molar-refractivity contribution is 7.00. The van der Waals surface area contributed by atoms with E-state index in [1.165, 1.54) is 210 Å². The molecule has 125 heavy (non-hydrogen) atoms. The van der Waals surface area contributed by atoms with Crippen LogP contribution in [0.15, 0.2) is 461 Å². The van der Waals surface area contributed by atoms with Gasteiger partial charge in [0.15, 0.2) is 0 Å². The molecule has 2 heterocycles. The molecule has 0 bridgehead atoms. The van der Waals surface area contributed by atoms with Crippen LogP contribution >= 0.6 is 0 Å². The van der Waals surface area contributed by atoms with Gasteiger partial charge in [0.1, 0.15) is 0 Å². The van der Waals surface area contributed by atoms with E-state index >= 15 is 0 Å². The summed E-state index contributed by atoms with van der Waals surface area (Å²) in [7, 11) is 0. The SMILES string of the molecule is c1ccc(-c2ccc(N(Cc3cc4c5c(c3)N(CCc3c(-c6ccccc6)cc(-c6ccccc6)cc3-c3ccccc3)c3cc(-c6ccc7c8cccc9cccc(c%10cccc6c%107)c98)ccc3B5c3cc(-c5ccccc5)ccc3N4CCc3c(-c4ccccc4)cc(-c4ccccc4)cc3-c3ccccc3)c3ccc(-c4ccccc4)cc3)cc2)cc1. The molecule has 0 N–H and O–H groups in total. The first-order valence-corrected chi connectivity index (χ1v) is 43.9. The van der Waals surface area contributed by atoms with Crippen LogP contribution in [-0.2, 0) is 19.4 Å². The van der Waals surface area contributed by atoms with Crippen LogP contribution < -0.4 is 31.1 Å². The summed E-state index contributed by atoms with van der Waals surface area (Å²) in [6, 6.07) is 173. The van der Waals surface area contributed by atoms with Gasteiger partial charge in [0, 0.05) is 53.8 Å². The van der Waals surface area contributed by atoms with Crippen LogP contribution in [0.1, 0.15) is 16.7 Å². The molecule has 0 saturated carbocycles. The monoisotopic (exact) mass is 1590 g/mol. The molecule has 588 valence electrons. The second kappa shape index (κ2) is 32.1. The number of nitrogens with zero attached hydrogens (tertiary/aromatic N) is 3. The van der Waals surface area contributed by atoms with Crippen LogP contribution in [0.2, 0.25) is 0 Å². The molecule has 3 nitrogen and oxygen atoms in total. The van der Waals surface area contributed by atoms with Gasteiger partial charge in [-0.05, 0) is 273 Å². The van der Waals surface area contributed by atoms with Crippen molar-refractivity contribution < 1.29 is 0 Å². The average Bonchev–Trinajstić information content (AvgIpc) is 0.701. The molecule has 0 saturated heterocycles. The Balaban J connectivity index is 0.787. The van der Waals surface area contributed by atoms with E-state index in [1.54, 1.807) is 0 Å². The summed E-state index contributed by atoms with van der Waals surface area (Å²) in [6.45, 7) is 1.67. The maximum Gasteiger partial charge on any atom is 0.252 e. The lowest BCUT2D eigenvalue weighted by Crippen LogP contribution is -2.62. The fourth-order valence-corrected chi connectivity index (χ4v) is 20.5. The lowest BCUT2D eigenvalue weighted by molar-refractivity contribution is 0.900. The maximum absolute atomic E-state index is 2.79. The Bertz CT molecular complexity index is 7310. The summed E-state index contributed by atoms with van der Waals surface area (Å²) >= 11 is 0. The summed E-state index contributed by atoms with van der Waals surface area (Å²) < 4.78 is 0. The molecule has 0 unspecified atom stereocenters. The van der Waals surface area contributed by atoms with Crippen molar-refractivity contribution in [2.45, 2.75) is 19.4 Å². The maximum atomic E-state index is 2.79. The van der Waals surface area contributed by atoms with Crippen molar-refractivity contribution in [1.29, 1.82) is 0 Å². The zero-order valence-electron chi connectivity index (χ0n) is 69.3. The highest BCUT2D eigenvalue weighted by Crippen LogP contribution is 2.49. The third-order valence-corrected chi connectivity index (χ3v) is 26.4. The molecule has 0 aromatic heterocycles. The van der Waals surface area contributed by atoms with Gasteiger partial charge >= 0.3 is 0 Å². The van der Waals surface area contributed by atoms with Crippen LogP contribution in [0.4, 0.5) is 34.1 Å². The molecular weight excluding hydrogens is 1510 g/mol. The minimum Gasteiger partial charge on any atom is -0.342 e. The minimum atomic E-state index is -0.195. The topological polar surface area (TPSA) is 9.72 Å². The van der Waals surface area contributed by atoms with Crippen molar-refractivity contribution in [3.63, 3.8) is 0 Å². The molecule has 4 heteroatoms. The first-order chi connectivity index (χ1) is 62.0. The smallest absolute Gasteiger partial charge is 0.252 e. The van der Waals surface area contributed by atoms with Crippen LogP contribution in [0.25, 0.3) is 154 Å². The number of rotatable bonds is 20. The highest BCUT2D eigenvalue weighted by Gasteiger charge is 2.44. The fraction of sp³-hybridized carbons (Fsp3) is 0.0413. The zero-order valence-corrected chi connectivity index (χ0v) is 69.3. The standard InChI is InChI=1S/C121H86BN3/c1-10-31-83(32-11-1)88-55-61-99(62-56-88)125(100-63-57-89(58-64-100)84-33-12-2-13-34-84)81-82-73-117-121-118(74-82)124(72-70-103-111(92-45-24-8-25-46-92)77-98(87-39-18-5-19-40-87)78-112(103)93-47-26-9-27-48-93)116-80-96(101-65-66-108-106-52-29-50-94-49-28-51-105(119(94)106)107-54-30-53-104(101)120(107)108)59-67-113(116)122(121)114-79-95(85-35-14-3-15-36-85)60-68-115(114)123(117)71-69-102-109(90-41-20-6-21-42-90)75-97(86-37-16-4-17-38-86)76-110(102)91-43-22-7-23-44-91/h1-68,73-80H,69-72,81H2. The minimum absolute atomic E-state index is 0.195. The van der Waals surface area contributed by atoms with E-state index < -0.39 is 0 Å². The van der Waals surface area contributed by atoms with Crippen molar-refractivity contribution in [3.05, 3.63) is 478 Å². The Morgan fingerprint density at radius 2 is 0.552 bits per heavy atom. The molecule has 0 atom stereocenters. The van der Waals surface area contributed by atoms with Gasteiger partial charge < -0.3 is 14.7 Å². The Kier molecular flexibility index (Phi) is 19.1. The molecule has 23 rings (SSSR count). The summed E-state index contributed by atoms with van der Waals surface area (Å²) in [5, 5.41) is 10.3. The Labute approximate surface area is 731 Å². The first kappa shape index (κ1) is 74.4. The van der Waals surface area contributed by atoms with Crippen LogP contribution in [0, 0.1) is 0 Å². The molecule has 0 aliphatic carbocycles. The Morgan fingerprint density at radius 3 is 0.984 bits per heavy atom. The predicted molar refractivity (Wildman–Crippen MR) is 533 cm³/mol. The van der Waals surface area contributed by atoms with Crippen LogP contribution in [0.3, 0.4) is 0 Å². The van der Waals surface area contributed by atoms with Gasteiger partial charge in [0.05, 0.1) is 0 Å². The first-order valence-electron chi connectivity index (χ1n) is 43.9. The molecular formula is C121H86BN3. The van der Waals surface area contributed by atoms with E-state index in [0.29, 0.717) is 26.1 Å². The largest absolute Gasteiger partial charge is 0.342 e. The molecule has 0 amide bonds. The second-order valence-electron chi connectivity index (χ2n) is 33.5. The van der Waals surface area contributed by atoms with Gasteiger partial charge in [-0.3, -0.25) is 0 Å². The van der Waals surface area contributed by atoms with Crippen molar-refractivity contribution in [3.8, 4) is 111 Å². The summed E-state index contributed by atoms with van der Waals surface area (Å²) in [6.07, 6.45) is 1.43. The van der Waals surface area contributed by atoms with Gasteiger partial charge in [-0.2, -0.15) is 0 Å². The molecule has 0 spiro atoms. The van der Waals surface area contributed by atoms with Gasteiger partial charge in [-0.15, -0.1) is 0 Å². The predicted octanol–water partition coefficient (Wildman–Crippen LogP) is 29.7. The van der Waals surface area contributed by atoms with Crippen molar-refractivity contribution >= 4 is 100 Å². The summed E-state index contributed by atoms with van der Waals surface area (Å²) in [4.78, 5) is 8.09.